The van der Waals surface area contributed by atoms with Gasteiger partial charge in [-0.15, -0.1) is 0 Å². The summed E-state index contributed by atoms with van der Waals surface area (Å²) in [7, 11) is 0. The summed E-state index contributed by atoms with van der Waals surface area (Å²) in [5.74, 6) is -0.901. The highest BCUT2D eigenvalue weighted by molar-refractivity contribution is 5.71. The van der Waals surface area contributed by atoms with Crippen LogP contribution in [0.15, 0.2) is 109 Å². The van der Waals surface area contributed by atoms with Crippen LogP contribution in [0.2, 0.25) is 0 Å². The molecule has 0 aliphatic heterocycles. The molecule has 0 aliphatic carbocycles. The van der Waals surface area contributed by atoms with E-state index in [0.29, 0.717) is 19.3 Å². The van der Waals surface area contributed by atoms with Crippen molar-refractivity contribution in [3.63, 3.8) is 0 Å². The van der Waals surface area contributed by atoms with Crippen LogP contribution in [0.1, 0.15) is 323 Å². The summed E-state index contributed by atoms with van der Waals surface area (Å²) in [6.45, 7) is 6.52. The van der Waals surface area contributed by atoms with Crippen LogP contribution >= 0.6 is 0 Å². The summed E-state index contributed by atoms with van der Waals surface area (Å²) in [6.07, 6.45) is 92.3. The average Bonchev–Trinajstić information content (AvgIpc) is 3.46. The lowest BCUT2D eigenvalue weighted by molar-refractivity contribution is -0.167. The smallest absolute Gasteiger partial charge is 0.306 e. The fourth-order valence-electron chi connectivity index (χ4n) is 9.45. The Morgan fingerprint density at radius 2 is 0.487 bits per heavy atom. The second kappa shape index (κ2) is 67.6. The van der Waals surface area contributed by atoms with Crippen molar-refractivity contribution in [2.24, 2.45) is 0 Å². The van der Waals surface area contributed by atoms with E-state index >= 15 is 0 Å². The zero-order valence-corrected chi connectivity index (χ0v) is 52.6. The van der Waals surface area contributed by atoms with E-state index in [9.17, 15) is 14.4 Å². The Morgan fingerprint density at radius 3 is 0.775 bits per heavy atom. The Bertz CT molecular complexity index is 1610. The molecule has 6 nitrogen and oxygen atoms in total. The van der Waals surface area contributed by atoms with Crippen molar-refractivity contribution < 1.29 is 28.6 Å². The summed E-state index contributed by atoms with van der Waals surface area (Å²) in [4.78, 5) is 38.4. The van der Waals surface area contributed by atoms with Gasteiger partial charge in [0.05, 0.1) is 0 Å². The number of hydrogen-bond acceptors (Lipinski definition) is 6. The van der Waals surface area contributed by atoms with Gasteiger partial charge in [-0.05, 0) is 109 Å². The van der Waals surface area contributed by atoms with Gasteiger partial charge in [-0.1, -0.05) is 304 Å². The van der Waals surface area contributed by atoms with Gasteiger partial charge in [0.15, 0.2) is 6.10 Å². The number of ether oxygens (including phenoxy) is 3. The molecule has 0 fully saturated rings. The molecule has 0 heterocycles. The van der Waals surface area contributed by atoms with E-state index < -0.39 is 6.10 Å². The fraction of sp³-hybridized carbons (Fsp3) is 0.716. The quantitative estimate of drug-likeness (QED) is 0.0261. The molecule has 0 saturated carbocycles. The second-order valence-corrected chi connectivity index (χ2v) is 22.4. The second-order valence-electron chi connectivity index (χ2n) is 22.4. The van der Waals surface area contributed by atoms with E-state index in [1.807, 2.05) is 0 Å². The third kappa shape index (κ3) is 64.9. The Balaban J connectivity index is 4.41. The summed E-state index contributed by atoms with van der Waals surface area (Å²) >= 11 is 0. The van der Waals surface area contributed by atoms with Crippen LogP contribution in [-0.4, -0.2) is 37.2 Å². The summed E-state index contributed by atoms with van der Waals surface area (Å²) < 4.78 is 17.0. The molecule has 0 amide bonds. The van der Waals surface area contributed by atoms with E-state index in [0.717, 1.165) is 135 Å². The highest BCUT2D eigenvalue weighted by atomic mass is 16.6. The van der Waals surface area contributed by atoms with E-state index in [1.165, 1.54) is 148 Å². The lowest BCUT2D eigenvalue weighted by Gasteiger charge is -2.18. The highest BCUT2D eigenvalue weighted by Gasteiger charge is 2.19. The van der Waals surface area contributed by atoms with Gasteiger partial charge in [-0.2, -0.15) is 0 Å². The van der Waals surface area contributed by atoms with Gasteiger partial charge in [-0.25, -0.2) is 0 Å². The van der Waals surface area contributed by atoms with Crippen molar-refractivity contribution in [1.29, 1.82) is 0 Å². The van der Waals surface area contributed by atoms with Gasteiger partial charge in [0, 0.05) is 19.3 Å². The Morgan fingerprint density at radius 1 is 0.263 bits per heavy atom. The lowest BCUT2D eigenvalue weighted by Crippen LogP contribution is -2.30. The molecule has 1 atom stereocenters. The number of carbonyl (C=O) groups excluding carboxylic acids is 3. The number of carbonyl (C=O) groups is 3. The maximum atomic E-state index is 12.9. The predicted molar refractivity (Wildman–Crippen MR) is 348 cm³/mol. The van der Waals surface area contributed by atoms with Crippen LogP contribution in [0.5, 0.6) is 0 Å². The number of unbranched alkanes of at least 4 members (excludes halogenated alkanes) is 32. The minimum Gasteiger partial charge on any atom is -0.462 e. The predicted octanol–water partition coefficient (Wildman–Crippen LogP) is 23.4. The number of rotatable bonds is 61. The first-order valence-electron chi connectivity index (χ1n) is 33.9. The molecule has 0 rings (SSSR count). The van der Waals surface area contributed by atoms with Crippen LogP contribution in [0.25, 0.3) is 0 Å². The van der Waals surface area contributed by atoms with Crippen molar-refractivity contribution >= 4 is 17.9 Å². The van der Waals surface area contributed by atoms with Gasteiger partial charge in [0.2, 0.25) is 0 Å². The first kappa shape index (κ1) is 76.1. The Hall–Kier alpha value is -3.93. The lowest BCUT2D eigenvalue weighted by atomic mass is 10.0. The molecule has 0 saturated heterocycles. The van der Waals surface area contributed by atoms with E-state index in [1.54, 1.807) is 0 Å². The molecule has 0 aromatic heterocycles. The maximum Gasteiger partial charge on any atom is 0.306 e. The van der Waals surface area contributed by atoms with Crippen molar-refractivity contribution in [1.82, 2.24) is 0 Å². The molecule has 1 unspecified atom stereocenters. The van der Waals surface area contributed by atoms with Gasteiger partial charge >= 0.3 is 17.9 Å². The summed E-state index contributed by atoms with van der Waals surface area (Å²) in [5.41, 5.74) is 0. The number of allylic oxidation sites excluding steroid dienone is 18. The molecule has 458 valence electrons. The van der Waals surface area contributed by atoms with Crippen LogP contribution in [0, 0.1) is 0 Å². The molecule has 0 bridgehead atoms. The topological polar surface area (TPSA) is 78.9 Å². The van der Waals surface area contributed by atoms with Crippen LogP contribution < -0.4 is 0 Å². The summed E-state index contributed by atoms with van der Waals surface area (Å²) in [6, 6.07) is 0. The standard InChI is InChI=1S/C74H126O6/c1-4-7-10-13-16-19-22-25-28-31-33-34-35-36-37-38-39-40-41-44-46-49-52-55-58-61-64-67-73(76)79-70-71(69-78-72(75)66-63-60-57-54-51-48-45-42-30-27-24-21-18-15-12-9-6-3)80-74(77)68-65-62-59-56-53-50-47-43-32-29-26-23-20-17-14-11-8-5-2/h7,10,16,19-20,23,25,28-29,32-34,36-37,39-40,44,46,71H,4-6,8-9,11-15,17-18,21-22,24,26-27,30-31,35,38,41-43,45,47-70H2,1-3H3/b10-7-,19-16-,23-20-,28-25-,32-29-,34-33-,37-36-,40-39-,46-44-. The van der Waals surface area contributed by atoms with Gasteiger partial charge in [0.1, 0.15) is 13.2 Å². The van der Waals surface area contributed by atoms with Crippen molar-refractivity contribution in [3.05, 3.63) is 109 Å². The largest absolute Gasteiger partial charge is 0.462 e. The molecule has 0 radical (unpaired) electrons. The van der Waals surface area contributed by atoms with Gasteiger partial charge < -0.3 is 14.2 Å². The minimum atomic E-state index is -0.793. The summed E-state index contributed by atoms with van der Waals surface area (Å²) in [5, 5.41) is 0. The fourth-order valence-corrected chi connectivity index (χ4v) is 9.45. The van der Waals surface area contributed by atoms with Crippen LogP contribution in [0.4, 0.5) is 0 Å². The zero-order valence-electron chi connectivity index (χ0n) is 52.6. The van der Waals surface area contributed by atoms with E-state index in [2.05, 4.69) is 130 Å². The number of esters is 3. The molecule has 0 spiro atoms. The normalized spacial score (nSPS) is 12.8. The third-order valence-electron chi connectivity index (χ3n) is 14.5. The molecule has 0 N–H and O–H groups in total. The van der Waals surface area contributed by atoms with Crippen molar-refractivity contribution in [2.45, 2.75) is 329 Å². The average molecular weight is 1110 g/mol. The first-order valence-corrected chi connectivity index (χ1v) is 33.9. The molecular formula is C74H126O6. The maximum absolute atomic E-state index is 12.9. The molecule has 6 heteroatoms. The van der Waals surface area contributed by atoms with Gasteiger partial charge in [0.25, 0.3) is 0 Å². The van der Waals surface area contributed by atoms with E-state index in [-0.39, 0.29) is 31.1 Å². The molecule has 0 aromatic rings. The minimum absolute atomic E-state index is 0.0857. The highest BCUT2D eigenvalue weighted by Crippen LogP contribution is 2.17. The van der Waals surface area contributed by atoms with Crippen molar-refractivity contribution in [3.8, 4) is 0 Å². The van der Waals surface area contributed by atoms with Crippen LogP contribution in [0.3, 0.4) is 0 Å². The Labute approximate surface area is 495 Å². The molecular weight excluding hydrogens is 985 g/mol. The molecule has 0 aromatic carbocycles. The first-order chi connectivity index (χ1) is 39.5. The molecule has 0 aliphatic rings. The SMILES string of the molecule is CC/C=C\C/C=C\C/C=C\C/C=C\C/C=C\C/C=C\C/C=C\CCCCCCCC(=O)OCC(COC(=O)CCCCCCCCCCCCCCCCCCC)OC(=O)CCCCCCCCC/C=C\C/C=C\CCCCCC. The van der Waals surface area contributed by atoms with Gasteiger partial charge in [-0.3, -0.25) is 14.4 Å². The zero-order chi connectivity index (χ0) is 57.8. The van der Waals surface area contributed by atoms with Crippen LogP contribution in [-0.2, 0) is 28.6 Å². The Kier molecular flexibility index (Phi) is 64.3. The number of hydrogen-bond donors (Lipinski definition) is 0. The van der Waals surface area contributed by atoms with E-state index in [4.69, 9.17) is 14.2 Å². The molecule has 80 heavy (non-hydrogen) atoms. The third-order valence-corrected chi connectivity index (χ3v) is 14.5. The monoisotopic (exact) mass is 1110 g/mol. The van der Waals surface area contributed by atoms with Crippen molar-refractivity contribution in [2.75, 3.05) is 13.2 Å².